The molecule has 0 fully saturated rings. The summed E-state index contributed by atoms with van der Waals surface area (Å²) in [6, 6.07) is 5.26. The van der Waals surface area contributed by atoms with Crippen LogP contribution >= 0.6 is 0 Å². The predicted molar refractivity (Wildman–Crippen MR) is 50.6 cm³/mol. The molecule has 0 saturated heterocycles. The summed E-state index contributed by atoms with van der Waals surface area (Å²) in [7, 11) is 0. The summed E-state index contributed by atoms with van der Waals surface area (Å²) in [6.45, 7) is 3.10. The highest BCUT2D eigenvalue weighted by Crippen LogP contribution is 2.06. The molecule has 0 aliphatic carbocycles. The number of carbonyl (C=O) groups excluding carboxylic acids is 1. The summed E-state index contributed by atoms with van der Waals surface area (Å²) in [5.41, 5.74) is -0.719. The Kier molecular flexibility index (Phi) is 3.17. The highest BCUT2D eigenvalue weighted by atomic mass is 19.1. The third-order valence-electron chi connectivity index (χ3n) is 1.64. The number of carboxylic acid groups (broad SMARTS) is 1. The van der Waals surface area contributed by atoms with Gasteiger partial charge in [0.25, 0.3) is 5.91 Å². The molecule has 4 nitrogen and oxygen atoms in total. The molecule has 0 aromatic heterocycles. The summed E-state index contributed by atoms with van der Waals surface area (Å²) in [5.74, 6) is -2.91. The molecular formula is C10H8FNO3. The number of rotatable bonds is 3. The maximum atomic E-state index is 13.1. The largest absolute Gasteiger partial charge is 0.477 e. The molecule has 1 rings (SSSR count). The van der Waals surface area contributed by atoms with Crippen LogP contribution in [0.15, 0.2) is 36.5 Å². The van der Waals surface area contributed by atoms with Crippen molar-refractivity contribution in [1.29, 1.82) is 0 Å². The first kappa shape index (κ1) is 10.9. The zero-order valence-corrected chi connectivity index (χ0v) is 7.66. The van der Waals surface area contributed by atoms with Gasteiger partial charge in [0, 0.05) is 0 Å². The number of amides is 1. The Morgan fingerprint density at radius 1 is 1.33 bits per heavy atom. The van der Waals surface area contributed by atoms with Crippen molar-refractivity contribution in [2.24, 2.45) is 0 Å². The Balaban J connectivity index is 2.83. The number of carboxylic acids is 1. The molecular weight excluding hydrogens is 201 g/mol. The third-order valence-corrected chi connectivity index (χ3v) is 1.64. The summed E-state index contributed by atoms with van der Waals surface area (Å²) in [6.07, 6.45) is 0. The van der Waals surface area contributed by atoms with E-state index in [-0.39, 0.29) is 5.56 Å². The first-order valence-electron chi connectivity index (χ1n) is 4.00. The second-order valence-corrected chi connectivity index (χ2v) is 2.72. The highest BCUT2D eigenvalue weighted by Gasteiger charge is 2.13. The van der Waals surface area contributed by atoms with Crippen LogP contribution in [0.1, 0.15) is 10.4 Å². The highest BCUT2D eigenvalue weighted by molar-refractivity contribution is 6.00. The van der Waals surface area contributed by atoms with Crippen molar-refractivity contribution in [3.8, 4) is 0 Å². The van der Waals surface area contributed by atoms with E-state index in [9.17, 15) is 14.0 Å². The van der Waals surface area contributed by atoms with Gasteiger partial charge in [-0.2, -0.15) is 0 Å². The maximum Gasteiger partial charge on any atom is 0.351 e. The van der Waals surface area contributed by atoms with Crippen LogP contribution in [-0.2, 0) is 4.79 Å². The zero-order chi connectivity index (χ0) is 11.4. The predicted octanol–water partition coefficient (Wildman–Crippen LogP) is 1.15. The molecule has 0 aliphatic heterocycles. The minimum atomic E-state index is -1.36. The van der Waals surface area contributed by atoms with Gasteiger partial charge in [0.05, 0.1) is 5.56 Å². The number of hydrogen-bond acceptors (Lipinski definition) is 2. The number of aliphatic carboxylic acids is 1. The molecule has 0 unspecified atom stereocenters. The van der Waals surface area contributed by atoms with E-state index >= 15 is 0 Å². The molecule has 78 valence electrons. The number of carbonyl (C=O) groups is 2. The van der Waals surface area contributed by atoms with Crippen LogP contribution < -0.4 is 5.32 Å². The molecule has 0 heterocycles. The fraction of sp³-hybridized carbons (Fsp3) is 0. The van der Waals surface area contributed by atoms with E-state index in [0.29, 0.717) is 0 Å². The van der Waals surface area contributed by atoms with Crippen LogP contribution in [0.25, 0.3) is 0 Å². The SMILES string of the molecule is C=C(NC(=O)c1ccccc1F)C(=O)O. The lowest BCUT2D eigenvalue weighted by Gasteiger charge is -2.04. The number of nitrogens with one attached hydrogen (secondary N) is 1. The average Bonchev–Trinajstić information content (AvgIpc) is 2.18. The van der Waals surface area contributed by atoms with E-state index in [2.05, 4.69) is 6.58 Å². The van der Waals surface area contributed by atoms with Crippen molar-refractivity contribution in [2.75, 3.05) is 0 Å². The van der Waals surface area contributed by atoms with Gasteiger partial charge in [0.2, 0.25) is 0 Å². The molecule has 1 aromatic carbocycles. The standard InChI is InChI=1S/C10H8FNO3/c1-6(10(14)15)12-9(13)7-4-2-3-5-8(7)11/h2-5H,1H2,(H,12,13)(H,14,15). The lowest BCUT2D eigenvalue weighted by atomic mass is 10.2. The lowest BCUT2D eigenvalue weighted by Crippen LogP contribution is -2.27. The first-order chi connectivity index (χ1) is 7.02. The maximum absolute atomic E-state index is 13.1. The van der Waals surface area contributed by atoms with Gasteiger partial charge in [0.1, 0.15) is 11.5 Å². The first-order valence-corrected chi connectivity index (χ1v) is 4.00. The Hall–Kier alpha value is -2.17. The summed E-state index contributed by atoms with van der Waals surface area (Å²) in [4.78, 5) is 21.6. The zero-order valence-electron chi connectivity index (χ0n) is 7.66. The van der Waals surface area contributed by atoms with Gasteiger partial charge in [-0.1, -0.05) is 18.7 Å². The van der Waals surface area contributed by atoms with Crippen molar-refractivity contribution in [3.05, 3.63) is 47.9 Å². The van der Waals surface area contributed by atoms with Gasteiger partial charge < -0.3 is 10.4 Å². The van der Waals surface area contributed by atoms with E-state index < -0.39 is 23.4 Å². The Morgan fingerprint density at radius 2 is 1.93 bits per heavy atom. The number of benzene rings is 1. The van der Waals surface area contributed by atoms with Crippen molar-refractivity contribution < 1.29 is 19.1 Å². The van der Waals surface area contributed by atoms with Gasteiger partial charge in [-0.3, -0.25) is 4.79 Å². The number of halogens is 1. The van der Waals surface area contributed by atoms with E-state index in [1.807, 2.05) is 5.32 Å². The molecule has 5 heteroatoms. The van der Waals surface area contributed by atoms with E-state index in [4.69, 9.17) is 5.11 Å². The second kappa shape index (κ2) is 4.36. The van der Waals surface area contributed by atoms with Gasteiger partial charge in [-0.15, -0.1) is 0 Å². The Bertz CT molecular complexity index is 428. The van der Waals surface area contributed by atoms with Gasteiger partial charge in [0.15, 0.2) is 0 Å². The van der Waals surface area contributed by atoms with E-state index in [0.717, 1.165) is 6.07 Å². The molecule has 0 atom stereocenters. The van der Waals surface area contributed by atoms with Crippen LogP contribution in [-0.4, -0.2) is 17.0 Å². The second-order valence-electron chi connectivity index (χ2n) is 2.72. The lowest BCUT2D eigenvalue weighted by molar-refractivity contribution is -0.132. The van der Waals surface area contributed by atoms with Gasteiger partial charge in [-0.05, 0) is 12.1 Å². The topological polar surface area (TPSA) is 66.4 Å². The fourth-order valence-electron chi connectivity index (χ4n) is 0.903. The number of hydrogen-bond donors (Lipinski definition) is 2. The third kappa shape index (κ3) is 2.63. The summed E-state index contributed by atoms with van der Waals surface area (Å²) >= 11 is 0. The molecule has 0 aliphatic rings. The van der Waals surface area contributed by atoms with E-state index in [1.165, 1.54) is 18.2 Å². The van der Waals surface area contributed by atoms with E-state index in [1.54, 1.807) is 0 Å². The van der Waals surface area contributed by atoms with Crippen molar-refractivity contribution in [3.63, 3.8) is 0 Å². The molecule has 0 saturated carbocycles. The Morgan fingerprint density at radius 3 is 2.47 bits per heavy atom. The Labute approximate surface area is 85.0 Å². The van der Waals surface area contributed by atoms with Crippen molar-refractivity contribution >= 4 is 11.9 Å². The van der Waals surface area contributed by atoms with Crippen LogP contribution in [0.4, 0.5) is 4.39 Å². The minimum absolute atomic E-state index is 0.222. The fourth-order valence-corrected chi connectivity index (χ4v) is 0.903. The smallest absolute Gasteiger partial charge is 0.351 e. The average molecular weight is 209 g/mol. The minimum Gasteiger partial charge on any atom is -0.477 e. The molecule has 2 N–H and O–H groups in total. The quantitative estimate of drug-likeness (QED) is 0.734. The van der Waals surface area contributed by atoms with Gasteiger partial charge in [-0.25, -0.2) is 9.18 Å². The van der Waals surface area contributed by atoms with Crippen molar-refractivity contribution in [2.45, 2.75) is 0 Å². The van der Waals surface area contributed by atoms with Crippen LogP contribution in [0.2, 0.25) is 0 Å². The molecule has 0 spiro atoms. The monoisotopic (exact) mass is 209 g/mol. The van der Waals surface area contributed by atoms with Crippen LogP contribution in [0, 0.1) is 5.82 Å². The van der Waals surface area contributed by atoms with Crippen LogP contribution in [0.5, 0.6) is 0 Å². The van der Waals surface area contributed by atoms with Crippen molar-refractivity contribution in [1.82, 2.24) is 5.32 Å². The summed E-state index contributed by atoms with van der Waals surface area (Å²) < 4.78 is 13.1. The van der Waals surface area contributed by atoms with Gasteiger partial charge >= 0.3 is 5.97 Å². The molecule has 15 heavy (non-hydrogen) atoms. The molecule has 1 amide bonds. The molecule has 0 radical (unpaired) electrons. The van der Waals surface area contributed by atoms with Crippen LogP contribution in [0.3, 0.4) is 0 Å². The summed E-state index contributed by atoms with van der Waals surface area (Å²) in [5, 5.41) is 10.4. The normalized spacial score (nSPS) is 9.40. The molecule has 0 bridgehead atoms. The molecule has 1 aromatic rings.